The molecule has 4 unspecified atom stereocenters. The molecule has 8 heteroatoms. The molecule has 0 spiro atoms. The van der Waals surface area contributed by atoms with E-state index in [4.69, 9.17) is 0 Å². The van der Waals surface area contributed by atoms with Gasteiger partial charge in [-0.2, -0.15) is 0 Å². The standard InChI is InChI=1S/C17H30N2O5S/c1-7-9-18-14(24)19-11-16(8-2,12(20)21)10(3)17(25-11,13(22)23)15(4,5)6/h10-11H,7-9H2,1-6H3,(H,20,21)(H,22,23)(H2,18,19,24). The van der Waals surface area contributed by atoms with Gasteiger partial charge in [0.1, 0.15) is 10.2 Å². The van der Waals surface area contributed by atoms with Crippen LogP contribution in [0.5, 0.6) is 0 Å². The first-order chi connectivity index (χ1) is 11.4. The normalized spacial score (nSPS) is 32.2. The molecule has 0 saturated carbocycles. The van der Waals surface area contributed by atoms with Crippen molar-refractivity contribution in [1.82, 2.24) is 10.6 Å². The van der Waals surface area contributed by atoms with Crippen molar-refractivity contribution in [2.24, 2.45) is 16.7 Å². The van der Waals surface area contributed by atoms with Crippen molar-refractivity contribution in [2.75, 3.05) is 6.54 Å². The van der Waals surface area contributed by atoms with E-state index in [1.165, 1.54) is 0 Å². The van der Waals surface area contributed by atoms with Gasteiger partial charge in [0.15, 0.2) is 0 Å². The number of hydrogen-bond donors (Lipinski definition) is 4. The molecule has 0 aromatic carbocycles. The summed E-state index contributed by atoms with van der Waals surface area (Å²) in [5.74, 6) is -2.81. The highest BCUT2D eigenvalue weighted by molar-refractivity contribution is 8.02. The van der Waals surface area contributed by atoms with Crippen molar-refractivity contribution >= 4 is 29.7 Å². The molecule has 0 aliphatic carbocycles. The minimum atomic E-state index is -1.36. The molecular formula is C17H30N2O5S. The molecule has 0 aromatic rings. The summed E-state index contributed by atoms with van der Waals surface area (Å²) in [5, 5.41) is 24.6. The van der Waals surface area contributed by atoms with E-state index in [0.717, 1.165) is 18.2 Å². The lowest BCUT2D eigenvalue weighted by Gasteiger charge is -2.43. The van der Waals surface area contributed by atoms with Gasteiger partial charge in [0, 0.05) is 12.5 Å². The van der Waals surface area contributed by atoms with Crippen LogP contribution in [0, 0.1) is 16.7 Å². The number of nitrogens with one attached hydrogen (secondary N) is 2. The van der Waals surface area contributed by atoms with E-state index in [2.05, 4.69) is 10.6 Å². The van der Waals surface area contributed by atoms with E-state index in [-0.39, 0.29) is 6.42 Å². The van der Waals surface area contributed by atoms with Gasteiger partial charge >= 0.3 is 18.0 Å². The molecule has 1 saturated heterocycles. The molecule has 1 fully saturated rings. The van der Waals surface area contributed by atoms with Crippen molar-refractivity contribution in [3.63, 3.8) is 0 Å². The summed E-state index contributed by atoms with van der Waals surface area (Å²) in [6, 6.07) is -0.472. The third-order valence-corrected chi connectivity index (χ3v) is 7.65. The van der Waals surface area contributed by atoms with Crippen LogP contribution in [0.1, 0.15) is 54.4 Å². The van der Waals surface area contributed by atoms with Gasteiger partial charge in [0.05, 0.1) is 5.37 Å². The molecule has 0 bridgehead atoms. The Morgan fingerprint density at radius 2 is 1.68 bits per heavy atom. The summed E-state index contributed by atoms with van der Waals surface area (Å²) in [4.78, 5) is 36.6. The molecular weight excluding hydrogens is 344 g/mol. The molecule has 144 valence electrons. The molecule has 4 N–H and O–H groups in total. The quantitative estimate of drug-likeness (QED) is 0.568. The summed E-state index contributed by atoms with van der Waals surface area (Å²) >= 11 is 1.05. The zero-order valence-electron chi connectivity index (χ0n) is 15.8. The maximum Gasteiger partial charge on any atom is 0.320 e. The Morgan fingerprint density at radius 1 is 1.12 bits per heavy atom. The molecule has 7 nitrogen and oxygen atoms in total. The smallest absolute Gasteiger partial charge is 0.320 e. The fourth-order valence-corrected chi connectivity index (χ4v) is 5.96. The average Bonchev–Trinajstić information content (AvgIpc) is 2.75. The number of aliphatic carboxylic acids is 2. The molecule has 25 heavy (non-hydrogen) atoms. The molecule has 0 aromatic heterocycles. The van der Waals surface area contributed by atoms with Gasteiger partial charge in [0.25, 0.3) is 0 Å². The van der Waals surface area contributed by atoms with Crippen LogP contribution in [0.15, 0.2) is 0 Å². The highest BCUT2D eigenvalue weighted by Crippen LogP contribution is 2.64. The lowest BCUT2D eigenvalue weighted by Crippen LogP contribution is -2.55. The zero-order valence-corrected chi connectivity index (χ0v) is 16.6. The van der Waals surface area contributed by atoms with Gasteiger partial charge < -0.3 is 20.8 Å². The number of carboxylic acids is 2. The molecule has 1 heterocycles. The first-order valence-electron chi connectivity index (χ1n) is 8.60. The Kier molecular flexibility index (Phi) is 6.42. The van der Waals surface area contributed by atoms with Crippen LogP contribution in [0.3, 0.4) is 0 Å². The molecule has 0 radical (unpaired) electrons. The molecule has 4 atom stereocenters. The third-order valence-electron chi connectivity index (χ3n) is 5.37. The minimum Gasteiger partial charge on any atom is -0.481 e. The lowest BCUT2D eigenvalue weighted by atomic mass is 9.61. The van der Waals surface area contributed by atoms with Crippen molar-refractivity contribution in [2.45, 2.75) is 64.5 Å². The van der Waals surface area contributed by atoms with Crippen LogP contribution in [0.25, 0.3) is 0 Å². The van der Waals surface area contributed by atoms with Gasteiger partial charge in [-0.15, -0.1) is 11.8 Å². The number of carboxylic acid groups (broad SMARTS) is 2. The SMILES string of the molecule is CCCNC(=O)NC1SC(C(=O)O)(C(C)(C)C)C(C)C1(CC)C(=O)O. The average molecular weight is 375 g/mol. The monoisotopic (exact) mass is 374 g/mol. The fraction of sp³-hybridized carbons (Fsp3) is 0.824. The highest BCUT2D eigenvalue weighted by Gasteiger charge is 2.71. The number of thioether (sulfide) groups is 1. The number of urea groups is 1. The van der Waals surface area contributed by atoms with E-state index in [1.54, 1.807) is 34.6 Å². The van der Waals surface area contributed by atoms with E-state index in [0.29, 0.717) is 6.54 Å². The largest absolute Gasteiger partial charge is 0.481 e. The third kappa shape index (κ3) is 3.32. The van der Waals surface area contributed by atoms with Gasteiger partial charge in [0.2, 0.25) is 0 Å². The van der Waals surface area contributed by atoms with E-state index < -0.39 is 44.8 Å². The van der Waals surface area contributed by atoms with E-state index in [9.17, 15) is 24.6 Å². The number of carbonyl (C=O) groups excluding carboxylic acids is 1. The van der Waals surface area contributed by atoms with Crippen LogP contribution < -0.4 is 10.6 Å². The van der Waals surface area contributed by atoms with Crippen molar-refractivity contribution < 1.29 is 24.6 Å². The predicted molar refractivity (Wildman–Crippen MR) is 97.6 cm³/mol. The number of hydrogen-bond acceptors (Lipinski definition) is 4. The second kappa shape index (κ2) is 7.43. The fourth-order valence-electron chi connectivity index (χ4n) is 3.87. The second-order valence-corrected chi connectivity index (χ2v) is 8.96. The van der Waals surface area contributed by atoms with Gasteiger partial charge in [-0.1, -0.05) is 41.5 Å². The van der Waals surface area contributed by atoms with Gasteiger partial charge in [-0.05, 0) is 18.3 Å². The summed E-state index contributed by atoms with van der Waals surface area (Å²) in [5.41, 5.74) is -2.06. The van der Waals surface area contributed by atoms with Crippen molar-refractivity contribution in [1.29, 1.82) is 0 Å². The van der Waals surface area contributed by atoms with E-state index >= 15 is 0 Å². The summed E-state index contributed by atoms with van der Waals surface area (Å²) in [7, 11) is 0. The van der Waals surface area contributed by atoms with Crippen molar-refractivity contribution in [3.8, 4) is 0 Å². The first kappa shape index (κ1) is 21.6. The number of rotatable bonds is 6. The zero-order chi connectivity index (χ0) is 19.6. The maximum absolute atomic E-state index is 12.3. The van der Waals surface area contributed by atoms with Gasteiger partial charge in [-0.25, -0.2) is 4.79 Å². The van der Waals surface area contributed by atoms with Crippen LogP contribution in [-0.4, -0.2) is 44.8 Å². The maximum atomic E-state index is 12.3. The van der Waals surface area contributed by atoms with E-state index in [1.807, 2.05) is 6.92 Å². The number of amides is 2. The summed E-state index contributed by atoms with van der Waals surface area (Å²) in [6.07, 6.45) is 0.973. The molecule has 2 amide bonds. The molecule has 1 aliphatic rings. The summed E-state index contributed by atoms with van der Waals surface area (Å²) < 4.78 is -1.33. The van der Waals surface area contributed by atoms with Crippen LogP contribution >= 0.6 is 11.8 Å². The van der Waals surface area contributed by atoms with Crippen LogP contribution in [-0.2, 0) is 9.59 Å². The topological polar surface area (TPSA) is 116 Å². The Labute approximate surface area is 153 Å². The minimum absolute atomic E-state index is 0.223. The Bertz CT molecular complexity index is 548. The Hall–Kier alpha value is -1.44. The molecule has 1 rings (SSSR count). The first-order valence-corrected chi connectivity index (χ1v) is 9.48. The van der Waals surface area contributed by atoms with Gasteiger partial charge in [-0.3, -0.25) is 9.59 Å². The predicted octanol–water partition coefficient (Wildman–Crippen LogP) is 2.76. The van der Waals surface area contributed by atoms with Crippen molar-refractivity contribution in [3.05, 3.63) is 0 Å². The Balaban J connectivity index is 3.42. The summed E-state index contributed by atoms with van der Waals surface area (Å²) in [6.45, 7) is 11.2. The lowest BCUT2D eigenvalue weighted by molar-refractivity contribution is -0.157. The Morgan fingerprint density at radius 3 is 2.04 bits per heavy atom. The number of carbonyl (C=O) groups is 3. The molecule has 1 aliphatic heterocycles. The highest BCUT2D eigenvalue weighted by atomic mass is 32.2. The van der Waals surface area contributed by atoms with Crippen LogP contribution in [0.4, 0.5) is 4.79 Å². The van der Waals surface area contributed by atoms with Crippen LogP contribution in [0.2, 0.25) is 0 Å². The second-order valence-electron chi connectivity index (χ2n) is 7.61.